The number of likely N-dealkylation sites (tertiary alicyclic amines) is 2. The smallest absolute Gasteiger partial charge is 0.471 e. The van der Waals surface area contributed by atoms with E-state index >= 15 is 0 Å². The molecule has 0 N–H and O–H groups in total. The SMILES string of the molecule is CC(C)Oc1ccc(Br)c(CC2CCN(CCCC3CCCN(C(=O)C(F)(F)F)C3)CC2)c1. The molecule has 33 heavy (non-hydrogen) atoms. The molecule has 0 radical (unpaired) electrons. The number of hydrogen-bond donors (Lipinski definition) is 0. The number of alkyl halides is 3. The van der Waals surface area contributed by atoms with Gasteiger partial charge in [0.25, 0.3) is 0 Å². The van der Waals surface area contributed by atoms with Gasteiger partial charge in [-0.05, 0) is 114 Å². The molecule has 3 rings (SSSR count). The number of rotatable bonds is 8. The van der Waals surface area contributed by atoms with Crippen LogP contribution in [-0.2, 0) is 11.2 Å². The van der Waals surface area contributed by atoms with Crippen LogP contribution in [0, 0.1) is 11.8 Å². The van der Waals surface area contributed by atoms with E-state index < -0.39 is 12.1 Å². The summed E-state index contributed by atoms with van der Waals surface area (Å²) in [6.45, 7) is 7.65. The van der Waals surface area contributed by atoms with Crippen molar-refractivity contribution in [2.24, 2.45) is 11.8 Å². The molecule has 186 valence electrons. The molecule has 0 spiro atoms. The lowest BCUT2D eigenvalue weighted by Gasteiger charge is -2.35. The maximum Gasteiger partial charge on any atom is 0.471 e. The molecule has 0 saturated carbocycles. The summed E-state index contributed by atoms with van der Waals surface area (Å²) >= 11 is 3.68. The van der Waals surface area contributed by atoms with Crippen molar-refractivity contribution in [3.05, 3.63) is 28.2 Å². The second-order valence-corrected chi connectivity index (χ2v) is 10.7. The van der Waals surface area contributed by atoms with Gasteiger partial charge in [0.1, 0.15) is 5.75 Å². The van der Waals surface area contributed by atoms with Crippen LogP contribution in [0.2, 0.25) is 0 Å². The van der Waals surface area contributed by atoms with Crippen molar-refractivity contribution in [1.29, 1.82) is 0 Å². The van der Waals surface area contributed by atoms with Gasteiger partial charge < -0.3 is 14.5 Å². The maximum absolute atomic E-state index is 12.7. The monoisotopic (exact) mass is 532 g/mol. The molecule has 4 nitrogen and oxygen atoms in total. The van der Waals surface area contributed by atoms with E-state index in [0.29, 0.717) is 12.3 Å². The molecule has 1 unspecified atom stereocenters. The molecular formula is C25H36BrF3N2O2. The van der Waals surface area contributed by atoms with Crippen LogP contribution in [0.4, 0.5) is 13.2 Å². The maximum atomic E-state index is 12.7. The Morgan fingerprint density at radius 2 is 1.88 bits per heavy atom. The van der Waals surface area contributed by atoms with E-state index in [1.807, 2.05) is 19.9 Å². The molecule has 1 amide bonds. The summed E-state index contributed by atoms with van der Waals surface area (Å²) in [7, 11) is 0. The summed E-state index contributed by atoms with van der Waals surface area (Å²) in [5.41, 5.74) is 1.29. The summed E-state index contributed by atoms with van der Waals surface area (Å²) in [5, 5.41) is 0. The first-order chi connectivity index (χ1) is 15.6. The summed E-state index contributed by atoms with van der Waals surface area (Å²) < 4.78 is 45.1. The fourth-order valence-corrected chi connectivity index (χ4v) is 5.45. The molecule has 2 aliphatic rings. The number of carbonyl (C=O) groups excluding carboxylic acids is 1. The van der Waals surface area contributed by atoms with Crippen LogP contribution < -0.4 is 4.74 Å². The van der Waals surface area contributed by atoms with Crippen molar-refractivity contribution in [2.45, 2.75) is 71.1 Å². The minimum absolute atomic E-state index is 0.157. The first-order valence-electron chi connectivity index (χ1n) is 12.2. The molecule has 2 saturated heterocycles. The van der Waals surface area contributed by atoms with Crippen LogP contribution >= 0.6 is 15.9 Å². The summed E-state index contributed by atoms with van der Waals surface area (Å²) in [5.74, 6) is 0.0634. The molecule has 1 atom stereocenters. The van der Waals surface area contributed by atoms with Crippen LogP contribution in [0.25, 0.3) is 0 Å². The molecule has 2 heterocycles. The Morgan fingerprint density at radius 3 is 2.55 bits per heavy atom. The van der Waals surface area contributed by atoms with Crippen LogP contribution in [0.3, 0.4) is 0 Å². The van der Waals surface area contributed by atoms with E-state index in [1.54, 1.807) is 0 Å². The van der Waals surface area contributed by atoms with Crippen molar-refractivity contribution < 1.29 is 22.7 Å². The Kier molecular flexibility index (Phi) is 9.51. The van der Waals surface area contributed by atoms with Gasteiger partial charge in [0.2, 0.25) is 0 Å². The number of piperidine rings is 2. The third-order valence-corrected chi connectivity index (χ3v) is 7.51. The zero-order valence-corrected chi connectivity index (χ0v) is 21.3. The number of carbonyl (C=O) groups is 1. The van der Waals surface area contributed by atoms with Crippen molar-refractivity contribution in [2.75, 3.05) is 32.7 Å². The third-order valence-electron chi connectivity index (χ3n) is 6.74. The van der Waals surface area contributed by atoms with E-state index in [4.69, 9.17) is 4.74 Å². The largest absolute Gasteiger partial charge is 0.491 e. The second-order valence-electron chi connectivity index (χ2n) is 9.81. The minimum Gasteiger partial charge on any atom is -0.491 e. The Hall–Kier alpha value is -1.28. The molecule has 1 aromatic rings. The number of amides is 1. The van der Waals surface area contributed by atoms with Crippen LogP contribution in [-0.4, -0.2) is 60.7 Å². The van der Waals surface area contributed by atoms with Gasteiger partial charge in [-0.25, -0.2) is 0 Å². The standard InChI is InChI=1S/C25H36BrF3N2O2/c1-18(2)33-22-7-8-23(26)21(16-22)15-19-9-13-30(14-10-19)11-3-5-20-6-4-12-31(17-20)24(32)25(27,28)29/h7-8,16,18-20H,3-6,9-15,17H2,1-2H3. The third kappa shape index (κ3) is 8.16. The minimum atomic E-state index is -4.76. The first kappa shape index (κ1) is 26.3. The fourth-order valence-electron chi connectivity index (χ4n) is 5.05. The van der Waals surface area contributed by atoms with Gasteiger partial charge in [-0.15, -0.1) is 0 Å². The summed E-state index contributed by atoms with van der Waals surface area (Å²) in [6, 6.07) is 6.21. The lowest BCUT2D eigenvalue weighted by atomic mass is 9.89. The van der Waals surface area contributed by atoms with E-state index in [-0.39, 0.29) is 25.1 Å². The highest BCUT2D eigenvalue weighted by molar-refractivity contribution is 9.10. The Bertz CT molecular complexity index is 779. The van der Waals surface area contributed by atoms with Gasteiger partial charge in [-0.1, -0.05) is 15.9 Å². The van der Waals surface area contributed by atoms with Gasteiger partial charge in [-0.3, -0.25) is 4.79 Å². The van der Waals surface area contributed by atoms with Crippen LogP contribution in [0.1, 0.15) is 57.9 Å². The van der Waals surface area contributed by atoms with Crippen molar-refractivity contribution >= 4 is 21.8 Å². The van der Waals surface area contributed by atoms with Gasteiger partial charge >= 0.3 is 12.1 Å². The molecule has 2 aliphatic heterocycles. The molecule has 2 fully saturated rings. The number of nitrogens with zero attached hydrogens (tertiary/aromatic N) is 2. The molecule has 0 bridgehead atoms. The quantitative estimate of drug-likeness (QED) is 0.407. The number of ether oxygens (including phenoxy) is 1. The van der Waals surface area contributed by atoms with E-state index in [1.165, 1.54) is 5.56 Å². The average Bonchev–Trinajstić information content (AvgIpc) is 2.76. The Morgan fingerprint density at radius 1 is 1.15 bits per heavy atom. The highest BCUT2D eigenvalue weighted by Crippen LogP contribution is 2.30. The van der Waals surface area contributed by atoms with Crippen molar-refractivity contribution in [3.63, 3.8) is 0 Å². The van der Waals surface area contributed by atoms with Gasteiger partial charge in [0.05, 0.1) is 6.10 Å². The van der Waals surface area contributed by atoms with Crippen molar-refractivity contribution in [3.8, 4) is 5.75 Å². The fraction of sp³-hybridized carbons (Fsp3) is 0.720. The Labute approximate surface area is 204 Å². The van der Waals surface area contributed by atoms with Crippen LogP contribution in [0.5, 0.6) is 5.75 Å². The zero-order valence-electron chi connectivity index (χ0n) is 19.7. The predicted octanol–water partition coefficient (Wildman–Crippen LogP) is 6.07. The van der Waals surface area contributed by atoms with Crippen molar-refractivity contribution in [1.82, 2.24) is 9.80 Å². The lowest BCUT2D eigenvalue weighted by Crippen LogP contribution is -2.46. The predicted molar refractivity (Wildman–Crippen MR) is 127 cm³/mol. The molecular weight excluding hydrogens is 497 g/mol. The topological polar surface area (TPSA) is 32.8 Å². The highest BCUT2D eigenvalue weighted by atomic mass is 79.9. The molecule has 1 aromatic carbocycles. The summed E-state index contributed by atoms with van der Waals surface area (Å²) in [4.78, 5) is 15.0. The average molecular weight is 533 g/mol. The lowest BCUT2D eigenvalue weighted by molar-refractivity contribution is -0.187. The highest BCUT2D eigenvalue weighted by Gasteiger charge is 2.43. The van der Waals surface area contributed by atoms with E-state index in [0.717, 1.165) is 73.3 Å². The molecule has 0 aliphatic carbocycles. The van der Waals surface area contributed by atoms with Gasteiger partial charge in [0.15, 0.2) is 0 Å². The van der Waals surface area contributed by atoms with E-state index in [9.17, 15) is 18.0 Å². The summed E-state index contributed by atoms with van der Waals surface area (Å²) in [6.07, 6.45) is 2.18. The number of benzene rings is 1. The zero-order chi connectivity index (χ0) is 24.0. The Balaban J connectivity index is 1.38. The number of hydrogen-bond acceptors (Lipinski definition) is 3. The van der Waals surface area contributed by atoms with Crippen LogP contribution in [0.15, 0.2) is 22.7 Å². The first-order valence-corrected chi connectivity index (χ1v) is 12.9. The van der Waals surface area contributed by atoms with Gasteiger partial charge in [-0.2, -0.15) is 13.2 Å². The second kappa shape index (κ2) is 11.9. The molecule has 8 heteroatoms. The normalized spacial score (nSPS) is 20.9. The van der Waals surface area contributed by atoms with Gasteiger partial charge in [0, 0.05) is 17.6 Å². The van der Waals surface area contributed by atoms with E-state index in [2.05, 4.69) is 33.0 Å². The number of halogens is 4. The molecule has 0 aromatic heterocycles.